The van der Waals surface area contributed by atoms with Crippen LogP contribution in [0.2, 0.25) is 0 Å². The molecule has 36 heavy (non-hydrogen) atoms. The topological polar surface area (TPSA) is 55.3 Å². The highest BCUT2D eigenvalue weighted by Crippen LogP contribution is 2.40. The van der Waals surface area contributed by atoms with E-state index in [-0.39, 0.29) is 17.5 Å². The molecule has 190 valence electrons. The van der Waals surface area contributed by atoms with Gasteiger partial charge in [0, 0.05) is 43.1 Å². The van der Waals surface area contributed by atoms with E-state index in [9.17, 15) is 18.0 Å². The lowest BCUT2D eigenvalue weighted by Crippen LogP contribution is -2.22. The summed E-state index contributed by atoms with van der Waals surface area (Å²) in [5.41, 5.74) is 5.44. The molecule has 0 fully saturated rings. The van der Waals surface area contributed by atoms with Crippen LogP contribution in [0.5, 0.6) is 5.75 Å². The Labute approximate surface area is 209 Å². The molecule has 1 unspecified atom stereocenters. The molecule has 1 aliphatic carbocycles. The number of hydrogen-bond acceptors (Lipinski definition) is 5. The molecular formula is C28H30F3N3O2. The van der Waals surface area contributed by atoms with E-state index in [1.807, 2.05) is 31.9 Å². The fraction of sp³-hybridized carbons (Fsp3) is 0.393. The second-order valence-electron chi connectivity index (χ2n) is 9.30. The summed E-state index contributed by atoms with van der Waals surface area (Å²) in [6.07, 6.45) is 4.67. The average molecular weight is 498 g/mol. The monoisotopic (exact) mass is 497 g/mol. The SMILES string of the molecule is C/C=C(\C)C(=O)CC1=CCC(c2nc(-c3ccc(OC(F)(F)F)cc3)c3c(n2)N(C)C=C(CC)C3)C1. The van der Waals surface area contributed by atoms with Gasteiger partial charge in [0.25, 0.3) is 0 Å². The third-order valence-electron chi connectivity index (χ3n) is 6.76. The Morgan fingerprint density at radius 2 is 1.92 bits per heavy atom. The number of alkyl halides is 3. The lowest BCUT2D eigenvalue weighted by Gasteiger charge is -2.27. The van der Waals surface area contributed by atoms with Gasteiger partial charge in [0.2, 0.25) is 0 Å². The molecule has 2 heterocycles. The summed E-state index contributed by atoms with van der Waals surface area (Å²) in [5.74, 6) is 1.37. The highest BCUT2D eigenvalue weighted by molar-refractivity contribution is 5.96. The van der Waals surface area contributed by atoms with Crippen molar-refractivity contribution < 1.29 is 22.7 Å². The van der Waals surface area contributed by atoms with E-state index >= 15 is 0 Å². The van der Waals surface area contributed by atoms with Gasteiger partial charge in [0.1, 0.15) is 17.4 Å². The molecule has 1 aliphatic heterocycles. The molecule has 8 heteroatoms. The minimum Gasteiger partial charge on any atom is -0.406 e. The van der Waals surface area contributed by atoms with Gasteiger partial charge in [0.15, 0.2) is 5.78 Å². The van der Waals surface area contributed by atoms with Crippen LogP contribution >= 0.6 is 0 Å². The molecule has 1 aromatic heterocycles. The van der Waals surface area contributed by atoms with Gasteiger partial charge in [-0.3, -0.25) is 4.79 Å². The minimum absolute atomic E-state index is 0.0422. The first kappa shape index (κ1) is 25.7. The molecule has 5 nitrogen and oxygen atoms in total. The molecule has 0 N–H and O–H groups in total. The van der Waals surface area contributed by atoms with Crippen LogP contribution in [0.25, 0.3) is 11.3 Å². The zero-order valence-electron chi connectivity index (χ0n) is 20.9. The predicted molar refractivity (Wildman–Crippen MR) is 134 cm³/mol. The van der Waals surface area contributed by atoms with E-state index in [0.29, 0.717) is 36.3 Å². The molecule has 0 bridgehead atoms. The second-order valence-corrected chi connectivity index (χ2v) is 9.30. The number of rotatable bonds is 7. The number of fused-ring (bicyclic) bond motifs is 1. The summed E-state index contributed by atoms with van der Waals surface area (Å²) in [4.78, 5) is 24.3. The van der Waals surface area contributed by atoms with Gasteiger partial charge in [-0.1, -0.05) is 24.6 Å². The maximum atomic E-state index is 12.6. The van der Waals surface area contributed by atoms with Crippen LogP contribution < -0.4 is 9.64 Å². The second kappa shape index (κ2) is 10.3. The van der Waals surface area contributed by atoms with Gasteiger partial charge in [0.05, 0.1) is 5.69 Å². The number of allylic oxidation sites excluding steroid dienone is 5. The van der Waals surface area contributed by atoms with Gasteiger partial charge in [-0.05, 0) is 68.5 Å². The van der Waals surface area contributed by atoms with E-state index in [4.69, 9.17) is 9.97 Å². The third kappa shape index (κ3) is 5.69. The van der Waals surface area contributed by atoms with Crippen molar-refractivity contribution in [3.05, 3.63) is 70.7 Å². The summed E-state index contributed by atoms with van der Waals surface area (Å²) < 4.78 is 41.9. The Hall–Kier alpha value is -3.42. The van der Waals surface area contributed by atoms with Crippen LogP contribution in [-0.2, 0) is 11.2 Å². The molecule has 1 atom stereocenters. The van der Waals surface area contributed by atoms with Crippen LogP contribution in [0.15, 0.2) is 59.3 Å². The molecule has 4 rings (SSSR count). The molecular weight excluding hydrogens is 467 g/mol. The zero-order valence-corrected chi connectivity index (χ0v) is 20.9. The number of benzene rings is 1. The van der Waals surface area contributed by atoms with Crippen molar-refractivity contribution in [2.45, 2.75) is 65.2 Å². The van der Waals surface area contributed by atoms with Crippen molar-refractivity contribution in [1.29, 1.82) is 0 Å². The fourth-order valence-electron chi connectivity index (χ4n) is 4.64. The number of halogens is 3. The zero-order chi connectivity index (χ0) is 26.0. The van der Waals surface area contributed by atoms with Gasteiger partial charge < -0.3 is 9.64 Å². The summed E-state index contributed by atoms with van der Waals surface area (Å²) in [7, 11) is 1.95. The summed E-state index contributed by atoms with van der Waals surface area (Å²) in [6, 6.07) is 5.83. The average Bonchev–Trinajstić information content (AvgIpc) is 3.30. The largest absolute Gasteiger partial charge is 0.573 e. The van der Waals surface area contributed by atoms with Gasteiger partial charge in [-0.15, -0.1) is 13.2 Å². The smallest absolute Gasteiger partial charge is 0.406 e. The highest BCUT2D eigenvalue weighted by Gasteiger charge is 2.31. The van der Waals surface area contributed by atoms with E-state index in [0.717, 1.165) is 35.4 Å². The Morgan fingerprint density at radius 3 is 2.56 bits per heavy atom. The van der Waals surface area contributed by atoms with E-state index in [2.05, 4.69) is 23.9 Å². The summed E-state index contributed by atoms with van der Waals surface area (Å²) in [5, 5.41) is 0. The fourth-order valence-corrected chi connectivity index (χ4v) is 4.64. The number of Topliss-reactive ketones (excluding diaryl/α,β-unsaturated/α-hetero) is 1. The van der Waals surface area contributed by atoms with E-state index in [1.54, 1.807) is 12.1 Å². The first-order valence-corrected chi connectivity index (χ1v) is 12.1. The van der Waals surface area contributed by atoms with Crippen LogP contribution in [0.3, 0.4) is 0 Å². The maximum Gasteiger partial charge on any atom is 0.573 e. The number of anilines is 1. The number of carbonyl (C=O) groups is 1. The lowest BCUT2D eigenvalue weighted by molar-refractivity contribution is -0.274. The van der Waals surface area contributed by atoms with Crippen molar-refractivity contribution in [1.82, 2.24) is 9.97 Å². The van der Waals surface area contributed by atoms with Crippen LogP contribution in [0.1, 0.15) is 63.8 Å². The van der Waals surface area contributed by atoms with Gasteiger partial charge in [-0.25, -0.2) is 9.97 Å². The molecule has 1 aromatic carbocycles. The number of ether oxygens (including phenoxy) is 1. The molecule has 2 aliphatic rings. The van der Waals surface area contributed by atoms with E-state index < -0.39 is 6.36 Å². The Kier molecular flexibility index (Phi) is 7.33. The quantitative estimate of drug-likeness (QED) is 0.303. The molecule has 2 aromatic rings. The van der Waals surface area contributed by atoms with Crippen molar-refractivity contribution >= 4 is 11.6 Å². The molecule has 0 radical (unpaired) electrons. The minimum atomic E-state index is -4.74. The third-order valence-corrected chi connectivity index (χ3v) is 6.76. The molecule has 0 saturated carbocycles. The molecule has 0 saturated heterocycles. The summed E-state index contributed by atoms with van der Waals surface area (Å²) in [6.45, 7) is 5.77. The number of ketones is 1. The number of aromatic nitrogens is 2. The first-order chi connectivity index (χ1) is 17.1. The van der Waals surface area contributed by atoms with Crippen molar-refractivity contribution in [2.75, 3.05) is 11.9 Å². The van der Waals surface area contributed by atoms with E-state index in [1.165, 1.54) is 17.7 Å². The van der Waals surface area contributed by atoms with Crippen LogP contribution in [-0.4, -0.2) is 29.2 Å². The lowest BCUT2D eigenvalue weighted by atomic mass is 9.94. The number of hydrogen-bond donors (Lipinski definition) is 0. The number of carbonyl (C=O) groups excluding carboxylic acids is 1. The van der Waals surface area contributed by atoms with Crippen molar-refractivity contribution in [2.24, 2.45) is 0 Å². The standard InChI is InChI=1S/C28H30F3N3O2/c1-5-17(3)24(35)15-19-7-8-21(13-19)26-32-25(20-9-11-22(12-10-20)36-28(29,30)31)23-14-18(6-2)16-34(4)27(23)33-26/h5,7,9-12,16,21H,6,8,13-15H2,1-4H3/b17-5+. The normalized spacial score (nSPS) is 18.0. The van der Waals surface area contributed by atoms with Gasteiger partial charge >= 0.3 is 6.36 Å². The number of nitrogens with zero attached hydrogens (tertiary/aromatic N) is 3. The summed E-state index contributed by atoms with van der Waals surface area (Å²) >= 11 is 0. The molecule has 0 amide bonds. The van der Waals surface area contributed by atoms with Crippen LogP contribution in [0, 0.1) is 0 Å². The predicted octanol–water partition coefficient (Wildman–Crippen LogP) is 7.06. The Balaban J connectivity index is 1.67. The van der Waals surface area contributed by atoms with Crippen molar-refractivity contribution in [3.63, 3.8) is 0 Å². The van der Waals surface area contributed by atoms with Gasteiger partial charge in [-0.2, -0.15) is 0 Å². The van der Waals surface area contributed by atoms with Crippen LogP contribution in [0.4, 0.5) is 19.0 Å². The Morgan fingerprint density at radius 1 is 1.19 bits per heavy atom. The Bertz CT molecular complexity index is 1240. The molecule has 0 spiro atoms. The maximum absolute atomic E-state index is 12.6. The van der Waals surface area contributed by atoms with Crippen molar-refractivity contribution in [3.8, 4) is 17.0 Å². The first-order valence-electron chi connectivity index (χ1n) is 12.1. The highest BCUT2D eigenvalue weighted by atomic mass is 19.4.